The summed E-state index contributed by atoms with van der Waals surface area (Å²) in [7, 11) is 1.66. The zero-order valence-electron chi connectivity index (χ0n) is 11.4. The number of benzene rings is 2. The van der Waals surface area contributed by atoms with Gasteiger partial charge in [0.05, 0.1) is 7.11 Å². The smallest absolute Gasteiger partial charge is 0.121 e. The lowest BCUT2D eigenvalue weighted by molar-refractivity contribution is 0.414. The van der Waals surface area contributed by atoms with Gasteiger partial charge in [-0.2, -0.15) is 0 Å². The van der Waals surface area contributed by atoms with Crippen molar-refractivity contribution in [3.63, 3.8) is 0 Å². The van der Waals surface area contributed by atoms with Crippen LogP contribution in [0.25, 0.3) is 0 Å². The molecule has 0 aromatic heterocycles. The Bertz CT molecular complexity index is 535. The summed E-state index contributed by atoms with van der Waals surface area (Å²) >= 11 is 6.04. The Kier molecular flexibility index (Phi) is 5.27. The standard InChI is InChI=1S/C16H18ClNO2/c1-20-13-7-5-12(6-8-13)9-10-18-11-14-15(17)3-2-4-16(14)19/h2-8,18-19H,9-11H2,1H3. The molecular formula is C16H18ClNO2. The molecule has 106 valence electrons. The number of halogens is 1. The van der Waals surface area contributed by atoms with E-state index < -0.39 is 0 Å². The van der Waals surface area contributed by atoms with Crippen LogP contribution in [0.5, 0.6) is 11.5 Å². The van der Waals surface area contributed by atoms with Gasteiger partial charge in [0.1, 0.15) is 11.5 Å². The maximum absolute atomic E-state index is 9.73. The highest BCUT2D eigenvalue weighted by Crippen LogP contribution is 2.24. The van der Waals surface area contributed by atoms with Crippen molar-refractivity contribution < 1.29 is 9.84 Å². The number of hydrogen-bond acceptors (Lipinski definition) is 3. The number of hydrogen-bond donors (Lipinski definition) is 2. The van der Waals surface area contributed by atoms with E-state index >= 15 is 0 Å². The van der Waals surface area contributed by atoms with Crippen LogP contribution in [0, 0.1) is 0 Å². The Morgan fingerprint density at radius 1 is 1.15 bits per heavy atom. The second-order valence-electron chi connectivity index (χ2n) is 4.51. The lowest BCUT2D eigenvalue weighted by Gasteiger charge is -2.09. The van der Waals surface area contributed by atoms with E-state index in [1.54, 1.807) is 25.3 Å². The van der Waals surface area contributed by atoms with E-state index in [4.69, 9.17) is 16.3 Å². The molecule has 0 atom stereocenters. The van der Waals surface area contributed by atoms with Crippen LogP contribution in [0.1, 0.15) is 11.1 Å². The molecule has 20 heavy (non-hydrogen) atoms. The molecule has 3 nitrogen and oxygen atoms in total. The third-order valence-corrected chi connectivity index (χ3v) is 3.50. The molecular weight excluding hydrogens is 274 g/mol. The minimum atomic E-state index is 0.231. The van der Waals surface area contributed by atoms with Crippen LogP contribution in [0.4, 0.5) is 0 Å². The Balaban J connectivity index is 1.81. The quantitative estimate of drug-likeness (QED) is 0.802. The van der Waals surface area contributed by atoms with Gasteiger partial charge < -0.3 is 15.2 Å². The van der Waals surface area contributed by atoms with Crippen LogP contribution in [0.2, 0.25) is 5.02 Å². The predicted octanol–water partition coefficient (Wildman–Crippen LogP) is 3.39. The zero-order valence-corrected chi connectivity index (χ0v) is 12.2. The number of phenols is 1. The predicted molar refractivity (Wildman–Crippen MR) is 81.5 cm³/mol. The highest BCUT2D eigenvalue weighted by molar-refractivity contribution is 6.31. The van der Waals surface area contributed by atoms with Gasteiger partial charge in [-0.3, -0.25) is 0 Å². The summed E-state index contributed by atoms with van der Waals surface area (Å²) in [5.74, 6) is 1.09. The molecule has 0 fully saturated rings. The first-order chi connectivity index (χ1) is 9.70. The minimum absolute atomic E-state index is 0.231. The van der Waals surface area contributed by atoms with Crippen molar-refractivity contribution >= 4 is 11.6 Å². The lowest BCUT2D eigenvalue weighted by atomic mass is 10.1. The molecule has 0 aliphatic rings. The molecule has 0 heterocycles. The molecule has 0 unspecified atom stereocenters. The average Bonchev–Trinajstić information content (AvgIpc) is 2.46. The molecule has 0 radical (unpaired) electrons. The largest absolute Gasteiger partial charge is 0.508 e. The van der Waals surface area contributed by atoms with E-state index in [1.165, 1.54) is 5.56 Å². The Hall–Kier alpha value is -1.71. The molecule has 0 aliphatic carbocycles. The van der Waals surface area contributed by atoms with Gasteiger partial charge in [-0.25, -0.2) is 0 Å². The summed E-state index contributed by atoms with van der Waals surface area (Å²) in [6.07, 6.45) is 0.912. The van der Waals surface area contributed by atoms with Crippen molar-refractivity contribution in [3.8, 4) is 11.5 Å². The molecule has 0 spiro atoms. The monoisotopic (exact) mass is 291 g/mol. The van der Waals surface area contributed by atoms with Gasteiger partial charge >= 0.3 is 0 Å². The summed E-state index contributed by atoms with van der Waals surface area (Å²) in [6, 6.07) is 13.2. The van der Waals surface area contributed by atoms with Crippen molar-refractivity contribution in [2.75, 3.05) is 13.7 Å². The average molecular weight is 292 g/mol. The van der Waals surface area contributed by atoms with Gasteiger partial charge in [-0.1, -0.05) is 29.8 Å². The summed E-state index contributed by atoms with van der Waals surface area (Å²) in [5, 5.41) is 13.6. The van der Waals surface area contributed by atoms with Gasteiger partial charge in [-0.05, 0) is 42.8 Å². The van der Waals surface area contributed by atoms with Crippen LogP contribution in [0.3, 0.4) is 0 Å². The summed E-state index contributed by atoms with van der Waals surface area (Å²) in [5.41, 5.74) is 1.98. The van der Waals surface area contributed by atoms with Crippen molar-refractivity contribution in [3.05, 3.63) is 58.6 Å². The lowest BCUT2D eigenvalue weighted by Crippen LogP contribution is -2.17. The number of rotatable bonds is 6. The molecule has 0 saturated heterocycles. The molecule has 2 aromatic carbocycles. The highest BCUT2D eigenvalue weighted by Gasteiger charge is 2.05. The third-order valence-electron chi connectivity index (χ3n) is 3.15. The van der Waals surface area contributed by atoms with Crippen LogP contribution in [-0.4, -0.2) is 18.8 Å². The summed E-state index contributed by atoms with van der Waals surface area (Å²) in [6.45, 7) is 1.37. The molecule has 2 aromatic rings. The number of phenolic OH excluding ortho intramolecular Hbond substituents is 1. The Morgan fingerprint density at radius 2 is 1.90 bits per heavy atom. The van der Waals surface area contributed by atoms with Gasteiger partial charge in [-0.15, -0.1) is 0 Å². The Morgan fingerprint density at radius 3 is 2.55 bits per heavy atom. The molecule has 4 heteroatoms. The normalized spacial score (nSPS) is 10.5. The fourth-order valence-corrected chi connectivity index (χ4v) is 2.20. The fourth-order valence-electron chi connectivity index (χ4n) is 1.96. The Labute approximate surface area is 124 Å². The van der Waals surface area contributed by atoms with E-state index in [2.05, 4.69) is 5.32 Å². The first-order valence-electron chi connectivity index (χ1n) is 6.50. The topological polar surface area (TPSA) is 41.5 Å². The van der Waals surface area contributed by atoms with Crippen LogP contribution < -0.4 is 10.1 Å². The van der Waals surface area contributed by atoms with E-state index in [0.29, 0.717) is 11.6 Å². The molecule has 2 N–H and O–H groups in total. The van der Waals surface area contributed by atoms with Gasteiger partial charge in [0.25, 0.3) is 0 Å². The van der Waals surface area contributed by atoms with Crippen molar-refractivity contribution in [1.82, 2.24) is 5.32 Å². The zero-order chi connectivity index (χ0) is 14.4. The minimum Gasteiger partial charge on any atom is -0.508 e. The second-order valence-corrected chi connectivity index (χ2v) is 4.92. The number of ether oxygens (including phenoxy) is 1. The van der Waals surface area contributed by atoms with Crippen LogP contribution in [0.15, 0.2) is 42.5 Å². The summed E-state index contributed by atoms with van der Waals surface area (Å²) in [4.78, 5) is 0. The number of methoxy groups -OCH3 is 1. The first-order valence-corrected chi connectivity index (χ1v) is 6.88. The molecule has 0 amide bonds. The van der Waals surface area contributed by atoms with E-state index in [-0.39, 0.29) is 5.75 Å². The number of aromatic hydroxyl groups is 1. The summed E-state index contributed by atoms with van der Waals surface area (Å²) < 4.78 is 5.12. The van der Waals surface area contributed by atoms with E-state index in [9.17, 15) is 5.11 Å². The number of nitrogens with one attached hydrogen (secondary N) is 1. The maximum atomic E-state index is 9.73. The maximum Gasteiger partial charge on any atom is 0.121 e. The third kappa shape index (κ3) is 3.89. The molecule has 0 bridgehead atoms. The highest BCUT2D eigenvalue weighted by atomic mass is 35.5. The van der Waals surface area contributed by atoms with E-state index in [1.807, 2.05) is 24.3 Å². The van der Waals surface area contributed by atoms with Crippen LogP contribution in [-0.2, 0) is 13.0 Å². The molecule has 2 rings (SSSR count). The van der Waals surface area contributed by atoms with Crippen molar-refractivity contribution in [1.29, 1.82) is 0 Å². The van der Waals surface area contributed by atoms with Crippen molar-refractivity contribution in [2.45, 2.75) is 13.0 Å². The molecule has 0 saturated carbocycles. The fraction of sp³-hybridized carbons (Fsp3) is 0.250. The second kappa shape index (κ2) is 7.17. The van der Waals surface area contributed by atoms with Gasteiger partial charge in [0, 0.05) is 17.1 Å². The molecule has 0 aliphatic heterocycles. The SMILES string of the molecule is COc1ccc(CCNCc2c(O)cccc2Cl)cc1. The first kappa shape index (κ1) is 14.7. The van der Waals surface area contributed by atoms with Crippen LogP contribution >= 0.6 is 11.6 Å². The van der Waals surface area contributed by atoms with E-state index in [0.717, 1.165) is 24.3 Å². The van der Waals surface area contributed by atoms with Crippen molar-refractivity contribution in [2.24, 2.45) is 0 Å². The van der Waals surface area contributed by atoms with Gasteiger partial charge in [0.2, 0.25) is 0 Å². The van der Waals surface area contributed by atoms with Gasteiger partial charge in [0.15, 0.2) is 0 Å².